The molecule has 4 nitrogen and oxygen atoms in total. The minimum Gasteiger partial charge on any atom is -0.481 e. The van der Waals surface area contributed by atoms with Gasteiger partial charge in [-0.3, -0.25) is 9.59 Å². The molecule has 0 aromatic heterocycles. The van der Waals surface area contributed by atoms with Gasteiger partial charge in [0.05, 0.1) is 11.5 Å². The lowest BCUT2D eigenvalue weighted by molar-refractivity contribution is -0.203. The van der Waals surface area contributed by atoms with Gasteiger partial charge < -0.3 is 10.2 Å². The maximum absolute atomic E-state index is 13.7. The Morgan fingerprint density at radius 1 is 0.941 bits per heavy atom. The number of hydrogen-bond donors (Lipinski definition) is 2. The van der Waals surface area contributed by atoms with Crippen LogP contribution in [0.1, 0.15) is 106 Å². The van der Waals surface area contributed by atoms with Crippen molar-refractivity contribution >= 4 is 11.8 Å². The average Bonchev–Trinajstić information content (AvgIpc) is 2.72. The van der Waals surface area contributed by atoms with Gasteiger partial charge in [0.2, 0.25) is 0 Å². The van der Waals surface area contributed by atoms with Crippen LogP contribution in [0.15, 0.2) is 11.6 Å². The maximum Gasteiger partial charge on any atom is 0.310 e. The number of allylic oxidation sites excluding steroid dienone is 2. The van der Waals surface area contributed by atoms with Crippen LogP contribution in [0.2, 0.25) is 0 Å². The van der Waals surface area contributed by atoms with Crippen molar-refractivity contribution < 1.29 is 19.8 Å². The first-order valence-electron chi connectivity index (χ1n) is 13.7. The molecule has 0 bridgehead atoms. The Hall–Kier alpha value is -1.16. The SMILES string of the molecule is CC1(C)CCC2(C(=O)O)CCC3(C)C(=CCC4C5(C)C(=O)CC(O)C(C)(C)C5CCC43C)C2C1. The van der Waals surface area contributed by atoms with E-state index in [0.717, 1.165) is 51.4 Å². The summed E-state index contributed by atoms with van der Waals surface area (Å²) in [5, 5.41) is 21.3. The molecule has 190 valence electrons. The molecule has 5 rings (SSSR count). The number of carboxylic acid groups (broad SMARTS) is 1. The molecule has 4 fully saturated rings. The Balaban J connectivity index is 1.63. The van der Waals surface area contributed by atoms with E-state index >= 15 is 0 Å². The van der Waals surface area contributed by atoms with E-state index < -0.39 is 22.9 Å². The van der Waals surface area contributed by atoms with Gasteiger partial charge in [-0.25, -0.2) is 0 Å². The predicted molar refractivity (Wildman–Crippen MR) is 133 cm³/mol. The number of aliphatic hydroxyl groups is 1. The zero-order valence-corrected chi connectivity index (χ0v) is 22.5. The normalized spacial score (nSPS) is 51.3. The molecule has 0 aromatic carbocycles. The van der Waals surface area contributed by atoms with Gasteiger partial charge in [-0.15, -0.1) is 0 Å². The molecule has 4 saturated carbocycles. The highest BCUT2D eigenvalue weighted by Gasteiger charge is 2.71. The minimum atomic E-state index is -0.627. The van der Waals surface area contributed by atoms with Gasteiger partial charge in [0.25, 0.3) is 0 Å². The molecule has 0 radical (unpaired) electrons. The van der Waals surface area contributed by atoms with Gasteiger partial charge in [0.1, 0.15) is 5.78 Å². The summed E-state index contributed by atoms with van der Waals surface area (Å²) >= 11 is 0. The Labute approximate surface area is 206 Å². The highest BCUT2D eigenvalue weighted by molar-refractivity contribution is 5.87. The van der Waals surface area contributed by atoms with Gasteiger partial charge in [-0.1, -0.05) is 60.1 Å². The topological polar surface area (TPSA) is 74.6 Å². The van der Waals surface area contributed by atoms with Gasteiger partial charge in [0.15, 0.2) is 0 Å². The maximum atomic E-state index is 13.7. The van der Waals surface area contributed by atoms with Crippen LogP contribution < -0.4 is 0 Å². The van der Waals surface area contributed by atoms with E-state index in [0.29, 0.717) is 0 Å². The fourth-order valence-electron chi connectivity index (χ4n) is 10.3. The quantitative estimate of drug-likeness (QED) is 0.434. The molecule has 0 spiro atoms. The number of rotatable bonds is 1. The monoisotopic (exact) mass is 470 g/mol. The molecule has 34 heavy (non-hydrogen) atoms. The Kier molecular flexibility index (Phi) is 5.04. The molecular weight excluding hydrogens is 424 g/mol. The highest BCUT2D eigenvalue weighted by Crippen LogP contribution is 2.75. The molecule has 0 heterocycles. The van der Waals surface area contributed by atoms with Crippen molar-refractivity contribution in [3.8, 4) is 0 Å². The number of Topliss-reactive ketones (excluding diaryl/α,β-unsaturated/α-hetero) is 1. The first-order valence-corrected chi connectivity index (χ1v) is 13.7. The van der Waals surface area contributed by atoms with Crippen molar-refractivity contribution in [1.29, 1.82) is 0 Å². The van der Waals surface area contributed by atoms with E-state index in [2.05, 4.69) is 54.5 Å². The van der Waals surface area contributed by atoms with E-state index in [1.165, 1.54) is 5.57 Å². The molecule has 0 aromatic rings. The highest BCUT2D eigenvalue weighted by atomic mass is 16.4. The van der Waals surface area contributed by atoms with Crippen molar-refractivity contribution in [2.45, 2.75) is 112 Å². The second-order valence-electron chi connectivity index (χ2n) is 14.9. The van der Waals surface area contributed by atoms with E-state index in [4.69, 9.17) is 0 Å². The number of aliphatic hydroxyl groups excluding tert-OH is 1. The van der Waals surface area contributed by atoms with Crippen LogP contribution in [-0.2, 0) is 9.59 Å². The van der Waals surface area contributed by atoms with Crippen molar-refractivity contribution in [2.75, 3.05) is 0 Å². The number of fused-ring (bicyclic) bond motifs is 7. The van der Waals surface area contributed by atoms with Crippen molar-refractivity contribution in [3.05, 3.63) is 11.6 Å². The van der Waals surface area contributed by atoms with Gasteiger partial charge in [0, 0.05) is 11.8 Å². The van der Waals surface area contributed by atoms with Crippen molar-refractivity contribution in [2.24, 2.45) is 50.2 Å². The summed E-state index contributed by atoms with van der Waals surface area (Å²) in [7, 11) is 0. The van der Waals surface area contributed by atoms with Crippen LogP contribution in [0.25, 0.3) is 0 Å². The second kappa shape index (κ2) is 6.99. The Bertz CT molecular complexity index is 961. The van der Waals surface area contributed by atoms with Gasteiger partial charge >= 0.3 is 5.97 Å². The van der Waals surface area contributed by atoms with Gasteiger partial charge in [-0.05, 0) is 90.8 Å². The summed E-state index contributed by atoms with van der Waals surface area (Å²) in [5.74, 6) is 0.160. The van der Waals surface area contributed by atoms with Crippen LogP contribution >= 0.6 is 0 Å². The van der Waals surface area contributed by atoms with Crippen LogP contribution in [0.4, 0.5) is 0 Å². The molecule has 0 saturated heterocycles. The molecule has 0 aliphatic heterocycles. The summed E-state index contributed by atoms with van der Waals surface area (Å²) < 4.78 is 0. The lowest BCUT2D eigenvalue weighted by Gasteiger charge is -2.70. The standard InChI is InChI=1S/C30H46O4/c1-25(2)12-14-30(24(33)34)15-13-27(5)18(19(30)17-25)8-9-21-28(27,6)11-10-20-26(3,4)22(31)16-23(32)29(20,21)7/h8,19-22,31H,9-17H2,1-7H3,(H,33,34). The number of ketones is 1. The lowest BCUT2D eigenvalue weighted by atomic mass is 9.33. The third-order valence-electron chi connectivity index (χ3n) is 12.9. The summed E-state index contributed by atoms with van der Waals surface area (Å²) in [5.41, 5.74) is 0.101. The second-order valence-corrected chi connectivity index (χ2v) is 14.9. The molecule has 0 amide bonds. The van der Waals surface area contributed by atoms with Crippen LogP contribution in [0.5, 0.6) is 0 Å². The lowest BCUT2D eigenvalue weighted by Crippen LogP contribution is -2.67. The molecule has 8 atom stereocenters. The third-order valence-corrected chi connectivity index (χ3v) is 12.9. The van der Waals surface area contributed by atoms with Crippen molar-refractivity contribution in [1.82, 2.24) is 0 Å². The summed E-state index contributed by atoms with van der Waals surface area (Å²) in [6.45, 7) is 16.0. The van der Waals surface area contributed by atoms with Crippen LogP contribution in [0, 0.1) is 50.2 Å². The summed E-state index contributed by atoms with van der Waals surface area (Å²) in [6, 6.07) is 0. The van der Waals surface area contributed by atoms with Gasteiger partial charge in [-0.2, -0.15) is 0 Å². The van der Waals surface area contributed by atoms with Crippen molar-refractivity contribution in [3.63, 3.8) is 0 Å². The minimum absolute atomic E-state index is 0.0391. The first kappa shape index (κ1) is 24.5. The largest absolute Gasteiger partial charge is 0.481 e. The summed E-state index contributed by atoms with van der Waals surface area (Å²) in [6.07, 6.45) is 9.32. The Morgan fingerprint density at radius 3 is 2.24 bits per heavy atom. The van der Waals surface area contributed by atoms with Crippen LogP contribution in [-0.4, -0.2) is 28.1 Å². The fourth-order valence-corrected chi connectivity index (χ4v) is 10.3. The molecule has 5 aliphatic carbocycles. The number of carbonyl (C=O) groups excluding carboxylic acids is 1. The smallest absolute Gasteiger partial charge is 0.310 e. The van der Waals surface area contributed by atoms with E-state index in [1.807, 2.05) is 0 Å². The average molecular weight is 471 g/mol. The number of aliphatic carboxylic acids is 1. The van der Waals surface area contributed by atoms with E-state index in [1.54, 1.807) is 0 Å². The third kappa shape index (κ3) is 2.75. The predicted octanol–water partition coefficient (Wildman–Crippen LogP) is 6.41. The first-order chi connectivity index (χ1) is 15.6. The number of hydrogen-bond acceptors (Lipinski definition) is 3. The number of carboxylic acids is 1. The molecule has 2 N–H and O–H groups in total. The zero-order valence-electron chi connectivity index (χ0n) is 22.5. The number of carbonyl (C=O) groups is 2. The van der Waals surface area contributed by atoms with E-state index in [9.17, 15) is 19.8 Å². The summed E-state index contributed by atoms with van der Waals surface area (Å²) in [4.78, 5) is 26.5. The van der Waals surface area contributed by atoms with Crippen LogP contribution in [0.3, 0.4) is 0 Å². The molecule has 4 heteroatoms. The molecular formula is C30H46O4. The Morgan fingerprint density at radius 2 is 1.59 bits per heavy atom. The molecule has 8 unspecified atom stereocenters. The molecule has 5 aliphatic rings. The fraction of sp³-hybridized carbons (Fsp3) is 0.867. The van der Waals surface area contributed by atoms with E-state index in [-0.39, 0.29) is 51.6 Å². The zero-order chi connectivity index (χ0) is 25.1.